The average Bonchev–Trinajstić information content (AvgIpc) is 2.18. The van der Waals surface area contributed by atoms with Crippen molar-refractivity contribution in [3.63, 3.8) is 0 Å². The SMILES string of the molecule is C[C@H](N)Cc1c(F)c(F)c(F)c(F)c1F. The van der Waals surface area contributed by atoms with Gasteiger partial charge in [0.15, 0.2) is 23.3 Å². The molecule has 1 aromatic carbocycles. The summed E-state index contributed by atoms with van der Waals surface area (Å²) in [6, 6.07) is -0.696. The Bertz CT molecular complexity index is 360. The lowest BCUT2D eigenvalue weighted by Crippen LogP contribution is -2.21. The molecule has 1 nitrogen and oxygen atoms in total. The summed E-state index contributed by atoms with van der Waals surface area (Å²) in [6.07, 6.45) is -0.411. The second-order valence-corrected chi connectivity index (χ2v) is 3.23. The van der Waals surface area contributed by atoms with Crippen LogP contribution in [0.2, 0.25) is 0 Å². The van der Waals surface area contributed by atoms with Crippen LogP contribution in [-0.4, -0.2) is 6.04 Å². The second kappa shape index (κ2) is 4.14. The molecule has 0 aliphatic carbocycles. The van der Waals surface area contributed by atoms with Crippen LogP contribution in [0, 0.1) is 29.1 Å². The van der Waals surface area contributed by atoms with E-state index in [1.54, 1.807) is 0 Å². The fraction of sp³-hybridized carbons (Fsp3) is 0.333. The predicted molar refractivity (Wildman–Crippen MR) is 43.6 cm³/mol. The van der Waals surface area contributed by atoms with Gasteiger partial charge in [0.25, 0.3) is 0 Å². The number of rotatable bonds is 2. The highest BCUT2D eigenvalue weighted by Gasteiger charge is 2.25. The zero-order valence-electron chi connectivity index (χ0n) is 7.75. The quantitative estimate of drug-likeness (QED) is 0.466. The minimum atomic E-state index is -2.15. The van der Waals surface area contributed by atoms with E-state index in [4.69, 9.17) is 5.73 Å². The number of halogens is 5. The summed E-state index contributed by atoms with van der Waals surface area (Å²) in [5.74, 6) is -9.67. The molecule has 0 saturated heterocycles. The van der Waals surface area contributed by atoms with Gasteiger partial charge in [0.1, 0.15) is 0 Å². The molecule has 84 valence electrons. The minimum absolute atomic E-state index is 0.411. The van der Waals surface area contributed by atoms with E-state index in [0.29, 0.717) is 0 Å². The molecular formula is C9H8F5N. The molecular weight excluding hydrogens is 217 g/mol. The summed E-state index contributed by atoms with van der Waals surface area (Å²) in [5, 5.41) is 0. The minimum Gasteiger partial charge on any atom is -0.328 e. The summed E-state index contributed by atoms with van der Waals surface area (Å²) in [6.45, 7) is 1.40. The normalized spacial score (nSPS) is 13.0. The van der Waals surface area contributed by atoms with Gasteiger partial charge < -0.3 is 5.73 Å². The van der Waals surface area contributed by atoms with E-state index in [9.17, 15) is 22.0 Å². The Balaban J connectivity index is 3.39. The Morgan fingerprint density at radius 2 is 1.20 bits per heavy atom. The van der Waals surface area contributed by atoms with Gasteiger partial charge in [-0.3, -0.25) is 0 Å². The van der Waals surface area contributed by atoms with Gasteiger partial charge in [-0.15, -0.1) is 0 Å². The summed E-state index contributed by atoms with van der Waals surface area (Å²) in [5.41, 5.74) is 4.35. The molecule has 0 saturated carbocycles. The lowest BCUT2D eigenvalue weighted by atomic mass is 10.1. The van der Waals surface area contributed by atoms with E-state index >= 15 is 0 Å². The standard InChI is InChI=1S/C9H8F5N/c1-3(15)2-4-5(10)7(12)9(14)8(13)6(4)11/h3H,2,15H2,1H3/t3-/m0/s1. The Hall–Kier alpha value is -1.17. The third-order valence-electron chi connectivity index (χ3n) is 1.83. The maximum atomic E-state index is 13.0. The van der Waals surface area contributed by atoms with Gasteiger partial charge in [0.05, 0.1) is 0 Å². The van der Waals surface area contributed by atoms with Gasteiger partial charge in [-0.25, -0.2) is 22.0 Å². The maximum Gasteiger partial charge on any atom is 0.200 e. The molecule has 0 spiro atoms. The van der Waals surface area contributed by atoms with Gasteiger partial charge in [-0.05, 0) is 13.3 Å². The average molecular weight is 225 g/mol. The predicted octanol–water partition coefficient (Wildman–Crippen LogP) is 2.27. The molecule has 1 aromatic rings. The topological polar surface area (TPSA) is 26.0 Å². The van der Waals surface area contributed by atoms with Gasteiger partial charge >= 0.3 is 0 Å². The number of nitrogens with two attached hydrogens (primary N) is 1. The molecule has 0 heterocycles. The molecule has 0 aliphatic rings. The second-order valence-electron chi connectivity index (χ2n) is 3.23. The summed E-state index contributed by atoms with van der Waals surface area (Å²) < 4.78 is 63.9. The van der Waals surface area contributed by atoms with Crippen LogP contribution in [0.15, 0.2) is 0 Å². The van der Waals surface area contributed by atoms with E-state index in [2.05, 4.69) is 0 Å². The monoisotopic (exact) mass is 225 g/mol. The molecule has 15 heavy (non-hydrogen) atoms. The van der Waals surface area contributed by atoms with E-state index in [0.717, 1.165) is 0 Å². The van der Waals surface area contributed by atoms with Crippen LogP contribution in [0.3, 0.4) is 0 Å². The van der Waals surface area contributed by atoms with Crippen molar-refractivity contribution in [1.82, 2.24) is 0 Å². The van der Waals surface area contributed by atoms with Crippen molar-refractivity contribution in [3.05, 3.63) is 34.6 Å². The van der Waals surface area contributed by atoms with Crippen LogP contribution in [0.1, 0.15) is 12.5 Å². The first-order valence-electron chi connectivity index (χ1n) is 4.12. The first-order chi connectivity index (χ1) is 6.86. The number of hydrogen-bond acceptors (Lipinski definition) is 1. The largest absolute Gasteiger partial charge is 0.328 e. The van der Waals surface area contributed by atoms with Crippen molar-refractivity contribution in [3.8, 4) is 0 Å². The molecule has 1 atom stereocenters. The van der Waals surface area contributed by atoms with E-state index in [-0.39, 0.29) is 0 Å². The molecule has 6 heteroatoms. The Morgan fingerprint density at radius 3 is 1.53 bits per heavy atom. The van der Waals surface area contributed by atoms with Crippen LogP contribution in [0.5, 0.6) is 0 Å². The van der Waals surface area contributed by atoms with Crippen LogP contribution in [0.4, 0.5) is 22.0 Å². The van der Waals surface area contributed by atoms with Gasteiger partial charge in [-0.2, -0.15) is 0 Å². The van der Waals surface area contributed by atoms with Crippen LogP contribution >= 0.6 is 0 Å². The number of benzene rings is 1. The highest BCUT2D eigenvalue weighted by molar-refractivity contribution is 5.24. The van der Waals surface area contributed by atoms with Gasteiger partial charge in [0, 0.05) is 11.6 Å². The van der Waals surface area contributed by atoms with Crippen molar-refractivity contribution in [2.24, 2.45) is 5.73 Å². The molecule has 0 amide bonds. The lowest BCUT2D eigenvalue weighted by molar-refractivity contribution is 0.368. The van der Waals surface area contributed by atoms with Crippen LogP contribution in [0.25, 0.3) is 0 Å². The molecule has 1 rings (SSSR count). The Morgan fingerprint density at radius 1 is 0.867 bits per heavy atom. The maximum absolute atomic E-state index is 13.0. The molecule has 0 unspecified atom stereocenters. The summed E-state index contributed by atoms with van der Waals surface area (Å²) in [4.78, 5) is 0. The first-order valence-corrected chi connectivity index (χ1v) is 4.12. The van der Waals surface area contributed by atoms with Crippen LogP contribution < -0.4 is 5.73 Å². The molecule has 0 aliphatic heterocycles. The van der Waals surface area contributed by atoms with E-state index in [1.165, 1.54) is 6.92 Å². The van der Waals surface area contributed by atoms with E-state index < -0.39 is 47.1 Å². The molecule has 0 radical (unpaired) electrons. The first kappa shape index (κ1) is 11.9. The van der Waals surface area contributed by atoms with Crippen molar-refractivity contribution in [2.75, 3.05) is 0 Å². The summed E-state index contributed by atoms with van der Waals surface area (Å²) >= 11 is 0. The van der Waals surface area contributed by atoms with E-state index in [1.807, 2.05) is 0 Å². The third-order valence-corrected chi connectivity index (χ3v) is 1.83. The Kier molecular flexibility index (Phi) is 3.28. The van der Waals surface area contributed by atoms with Crippen LogP contribution in [-0.2, 0) is 6.42 Å². The highest BCUT2D eigenvalue weighted by Crippen LogP contribution is 2.23. The summed E-state index contributed by atoms with van der Waals surface area (Å²) in [7, 11) is 0. The van der Waals surface area contributed by atoms with Crippen molar-refractivity contribution in [2.45, 2.75) is 19.4 Å². The highest BCUT2D eigenvalue weighted by atomic mass is 19.2. The Labute approximate surface area is 82.7 Å². The van der Waals surface area contributed by atoms with Crippen molar-refractivity contribution in [1.29, 1.82) is 0 Å². The van der Waals surface area contributed by atoms with Crippen molar-refractivity contribution < 1.29 is 22.0 Å². The van der Waals surface area contributed by atoms with Gasteiger partial charge in [-0.1, -0.05) is 0 Å². The smallest absolute Gasteiger partial charge is 0.200 e. The zero-order chi connectivity index (χ0) is 11.7. The molecule has 0 fully saturated rings. The fourth-order valence-electron chi connectivity index (χ4n) is 1.15. The molecule has 2 N–H and O–H groups in total. The molecule has 0 aromatic heterocycles. The van der Waals surface area contributed by atoms with Crippen molar-refractivity contribution >= 4 is 0 Å². The van der Waals surface area contributed by atoms with Gasteiger partial charge in [0.2, 0.25) is 5.82 Å². The third kappa shape index (κ3) is 2.09. The fourth-order valence-corrected chi connectivity index (χ4v) is 1.15. The lowest BCUT2D eigenvalue weighted by Gasteiger charge is -2.09. The zero-order valence-corrected chi connectivity index (χ0v) is 7.75. The molecule has 0 bridgehead atoms. The number of hydrogen-bond donors (Lipinski definition) is 1.